The smallest absolute Gasteiger partial charge is 0.246 e. The molecule has 21 heavy (non-hydrogen) atoms. The number of hydrogen-bond acceptors (Lipinski definition) is 6. The fourth-order valence-electron chi connectivity index (χ4n) is 2.17. The fourth-order valence-corrected chi connectivity index (χ4v) is 2.17. The number of rotatable bonds is 5. The highest BCUT2D eigenvalue weighted by Gasteiger charge is 2.25. The van der Waals surface area contributed by atoms with E-state index in [1.807, 2.05) is 30.0 Å². The Hall–Kier alpha value is -2.15. The summed E-state index contributed by atoms with van der Waals surface area (Å²) >= 11 is 0. The first-order valence-corrected chi connectivity index (χ1v) is 7.00. The number of nitrogen functional groups attached to an aromatic ring is 1. The summed E-state index contributed by atoms with van der Waals surface area (Å²) in [5.74, 6) is 0.997. The van der Waals surface area contributed by atoms with Gasteiger partial charge in [-0.25, -0.2) is 4.98 Å². The zero-order valence-electron chi connectivity index (χ0n) is 12.5. The van der Waals surface area contributed by atoms with Crippen LogP contribution in [-0.2, 0) is 4.79 Å². The van der Waals surface area contributed by atoms with Gasteiger partial charge < -0.3 is 20.9 Å². The van der Waals surface area contributed by atoms with Crippen molar-refractivity contribution in [3.63, 3.8) is 0 Å². The average Bonchev–Trinajstić information content (AvgIpc) is 2.87. The maximum absolute atomic E-state index is 12.0. The number of nitrogens with two attached hydrogens (primary N) is 1. The molecule has 1 aromatic rings. The molecule has 1 saturated heterocycles. The third-order valence-corrected chi connectivity index (χ3v) is 3.24. The van der Waals surface area contributed by atoms with Gasteiger partial charge in [0.05, 0.1) is 0 Å². The third kappa shape index (κ3) is 4.71. The lowest BCUT2D eigenvalue weighted by molar-refractivity contribution is -0.125. The standard InChI is InChI=1S/C14H22N6O/c1-19(2)8-3-4-13(21)20-9-6-11(10-20)17-14-16-7-5-12(15)18-14/h3-5,7,11H,6,8-10H2,1-2H3,(H3,15,16,17,18)/b4-3+. The van der Waals surface area contributed by atoms with E-state index in [1.165, 1.54) is 0 Å². The molecule has 1 amide bonds. The van der Waals surface area contributed by atoms with Crippen molar-refractivity contribution in [2.24, 2.45) is 0 Å². The van der Waals surface area contributed by atoms with Crippen molar-refractivity contribution in [2.45, 2.75) is 12.5 Å². The van der Waals surface area contributed by atoms with Crippen LogP contribution >= 0.6 is 0 Å². The number of hydrogen-bond donors (Lipinski definition) is 2. The molecule has 1 aromatic heterocycles. The van der Waals surface area contributed by atoms with Gasteiger partial charge in [0.1, 0.15) is 5.82 Å². The van der Waals surface area contributed by atoms with Crippen LogP contribution in [0.4, 0.5) is 11.8 Å². The normalized spacial score (nSPS) is 18.6. The third-order valence-electron chi connectivity index (χ3n) is 3.24. The van der Waals surface area contributed by atoms with Crippen molar-refractivity contribution in [3.8, 4) is 0 Å². The second kappa shape index (κ2) is 7.03. The van der Waals surface area contributed by atoms with Crippen molar-refractivity contribution in [3.05, 3.63) is 24.4 Å². The Morgan fingerprint density at radius 2 is 2.43 bits per heavy atom. The lowest BCUT2D eigenvalue weighted by atomic mass is 10.3. The predicted molar refractivity (Wildman–Crippen MR) is 82.7 cm³/mol. The van der Waals surface area contributed by atoms with Crippen LogP contribution in [0.3, 0.4) is 0 Å². The van der Waals surface area contributed by atoms with Gasteiger partial charge in [0, 0.05) is 37.9 Å². The molecule has 2 heterocycles. The molecule has 1 fully saturated rings. The Kier molecular flexibility index (Phi) is 5.10. The number of anilines is 2. The number of amides is 1. The predicted octanol–water partition coefficient (Wildman–Crippen LogP) is 0.189. The molecule has 114 valence electrons. The second-order valence-electron chi connectivity index (χ2n) is 5.38. The molecule has 0 spiro atoms. The van der Waals surface area contributed by atoms with Crippen LogP contribution in [0, 0.1) is 0 Å². The Balaban J connectivity index is 1.83. The largest absolute Gasteiger partial charge is 0.384 e. The summed E-state index contributed by atoms with van der Waals surface area (Å²) in [4.78, 5) is 24.1. The van der Waals surface area contributed by atoms with Crippen molar-refractivity contribution in [2.75, 3.05) is 44.8 Å². The first-order valence-electron chi connectivity index (χ1n) is 7.00. The van der Waals surface area contributed by atoms with Crippen LogP contribution in [0.1, 0.15) is 6.42 Å². The molecule has 0 bridgehead atoms. The number of nitrogens with one attached hydrogen (secondary N) is 1. The Morgan fingerprint density at radius 1 is 1.62 bits per heavy atom. The maximum Gasteiger partial charge on any atom is 0.246 e. The van der Waals surface area contributed by atoms with Crippen molar-refractivity contribution in [1.82, 2.24) is 19.8 Å². The summed E-state index contributed by atoms with van der Waals surface area (Å²) in [5.41, 5.74) is 5.62. The van der Waals surface area contributed by atoms with E-state index < -0.39 is 0 Å². The first-order chi connectivity index (χ1) is 10.0. The van der Waals surface area contributed by atoms with Crippen LogP contribution < -0.4 is 11.1 Å². The number of likely N-dealkylation sites (N-methyl/N-ethyl adjacent to an activating group) is 1. The molecule has 1 unspecified atom stereocenters. The van der Waals surface area contributed by atoms with E-state index in [9.17, 15) is 4.79 Å². The van der Waals surface area contributed by atoms with Crippen LogP contribution in [0.25, 0.3) is 0 Å². The fraction of sp³-hybridized carbons (Fsp3) is 0.500. The zero-order valence-corrected chi connectivity index (χ0v) is 12.5. The lowest BCUT2D eigenvalue weighted by Crippen LogP contribution is -2.30. The summed E-state index contributed by atoms with van der Waals surface area (Å²) in [6, 6.07) is 1.81. The quantitative estimate of drug-likeness (QED) is 0.753. The topological polar surface area (TPSA) is 87.4 Å². The zero-order chi connectivity index (χ0) is 15.2. The molecule has 0 aliphatic carbocycles. The van der Waals surface area contributed by atoms with E-state index in [0.29, 0.717) is 18.3 Å². The average molecular weight is 290 g/mol. The van der Waals surface area contributed by atoms with E-state index in [2.05, 4.69) is 15.3 Å². The van der Waals surface area contributed by atoms with Gasteiger partial charge in [-0.1, -0.05) is 6.08 Å². The summed E-state index contributed by atoms with van der Waals surface area (Å²) in [6.07, 6.45) is 6.02. The minimum absolute atomic E-state index is 0.0506. The van der Waals surface area contributed by atoms with Crippen LogP contribution in [0.15, 0.2) is 24.4 Å². The van der Waals surface area contributed by atoms with E-state index in [0.717, 1.165) is 19.5 Å². The van der Waals surface area contributed by atoms with Crippen molar-refractivity contribution < 1.29 is 4.79 Å². The van der Waals surface area contributed by atoms with Gasteiger partial charge in [-0.3, -0.25) is 4.79 Å². The second-order valence-corrected chi connectivity index (χ2v) is 5.38. The van der Waals surface area contributed by atoms with Gasteiger partial charge >= 0.3 is 0 Å². The monoisotopic (exact) mass is 290 g/mol. The van der Waals surface area contributed by atoms with Gasteiger partial charge in [0.2, 0.25) is 11.9 Å². The molecule has 1 aliphatic rings. The van der Waals surface area contributed by atoms with E-state index in [-0.39, 0.29) is 11.9 Å². The van der Waals surface area contributed by atoms with Crippen molar-refractivity contribution in [1.29, 1.82) is 0 Å². The molecule has 1 aliphatic heterocycles. The molecular formula is C14H22N6O. The molecule has 1 atom stereocenters. The van der Waals surface area contributed by atoms with Crippen LogP contribution in [0.5, 0.6) is 0 Å². The van der Waals surface area contributed by atoms with Gasteiger partial charge in [-0.2, -0.15) is 4.98 Å². The highest BCUT2D eigenvalue weighted by Crippen LogP contribution is 2.14. The molecule has 0 saturated carbocycles. The van der Waals surface area contributed by atoms with Crippen molar-refractivity contribution >= 4 is 17.7 Å². The molecule has 2 rings (SSSR count). The van der Waals surface area contributed by atoms with E-state index in [1.54, 1.807) is 18.3 Å². The first kappa shape index (κ1) is 15.2. The molecule has 7 heteroatoms. The maximum atomic E-state index is 12.0. The highest BCUT2D eigenvalue weighted by atomic mass is 16.2. The number of aromatic nitrogens is 2. The minimum Gasteiger partial charge on any atom is -0.384 e. The van der Waals surface area contributed by atoms with Gasteiger partial charge in [0.15, 0.2) is 0 Å². The molecule has 7 nitrogen and oxygen atoms in total. The Bertz CT molecular complexity index is 516. The number of carbonyl (C=O) groups excluding carboxylic acids is 1. The van der Waals surface area contributed by atoms with Gasteiger partial charge in [-0.15, -0.1) is 0 Å². The van der Waals surface area contributed by atoms with Crippen LogP contribution in [0.2, 0.25) is 0 Å². The molecule has 3 N–H and O–H groups in total. The number of likely N-dealkylation sites (tertiary alicyclic amines) is 1. The van der Waals surface area contributed by atoms with Gasteiger partial charge in [-0.05, 0) is 26.6 Å². The summed E-state index contributed by atoms with van der Waals surface area (Å²) in [6.45, 7) is 2.16. The Morgan fingerprint density at radius 3 is 3.14 bits per heavy atom. The Labute approximate surface area is 124 Å². The number of nitrogens with zero attached hydrogens (tertiary/aromatic N) is 4. The molecule has 0 aromatic carbocycles. The lowest BCUT2D eigenvalue weighted by Gasteiger charge is -2.15. The molecule has 0 radical (unpaired) electrons. The SMILES string of the molecule is CN(C)C/C=C/C(=O)N1CCC(Nc2nccc(N)n2)C1. The summed E-state index contributed by atoms with van der Waals surface area (Å²) < 4.78 is 0. The number of carbonyl (C=O) groups is 1. The van der Waals surface area contributed by atoms with E-state index >= 15 is 0 Å². The highest BCUT2D eigenvalue weighted by molar-refractivity contribution is 5.87. The van der Waals surface area contributed by atoms with Crippen LogP contribution in [-0.4, -0.2) is 65.4 Å². The van der Waals surface area contributed by atoms with E-state index in [4.69, 9.17) is 5.73 Å². The minimum atomic E-state index is 0.0506. The molecular weight excluding hydrogens is 268 g/mol. The van der Waals surface area contributed by atoms with Gasteiger partial charge in [0.25, 0.3) is 0 Å². The summed E-state index contributed by atoms with van der Waals surface area (Å²) in [5, 5.41) is 3.21. The summed E-state index contributed by atoms with van der Waals surface area (Å²) in [7, 11) is 3.94.